The number of morpholine rings is 1. The van der Waals surface area contributed by atoms with Gasteiger partial charge in [-0.15, -0.1) is 0 Å². The Morgan fingerprint density at radius 1 is 0.463 bits per heavy atom. The third-order valence-electron chi connectivity index (χ3n) is 29.5. The van der Waals surface area contributed by atoms with Gasteiger partial charge in [0.15, 0.2) is 0 Å². The van der Waals surface area contributed by atoms with Crippen molar-refractivity contribution in [3.63, 3.8) is 0 Å². The highest BCUT2D eigenvalue weighted by molar-refractivity contribution is 5.02. The quantitative estimate of drug-likeness (QED) is 0.0315. The number of nitrogens with two attached hydrogens (primary N) is 1. The fourth-order valence-electron chi connectivity index (χ4n) is 22.2. The summed E-state index contributed by atoms with van der Waals surface area (Å²) in [6.07, 6.45) is 26.4. The second kappa shape index (κ2) is 61.8. The van der Waals surface area contributed by atoms with Crippen LogP contribution in [0.1, 0.15) is 274 Å². The van der Waals surface area contributed by atoms with Crippen molar-refractivity contribution in [3.05, 3.63) is 0 Å². The molecule has 13 unspecified atom stereocenters. The Labute approximate surface area is 762 Å². The van der Waals surface area contributed by atoms with Gasteiger partial charge in [-0.05, 0) is 299 Å². The molecule has 13 atom stereocenters. The number of nitrogens with one attached hydrogen (secondary N) is 12. The zero-order valence-electron chi connectivity index (χ0n) is 85.5. The summed E-state index contributed by atoms with van der Waals surface area (Å²) in [6, 6.07) is 15.2. The zero-order chi connectivity index (χ0) is 89.9. The molecule has 10 bridgehead atoms. The van der Waals surface area contributed by atoms with Crippen molar-refractivity contribution in [1.82, 2.24) is 108 Å². The van der Waals surface area contributed by atoms with Crippen LogP contribution in [0.25, 0.3) is 0 Å². The Balaban J connectivity index is 0.000000212. The summed E-state index contributed by atoms with van der Waals surface area (Å²) in [4.78, 5) is 23.2. The highest BCUT2D eigenvalue weighted by atomic mass is 16.5. The van der Waals surface area contributed by atoms with Gasteiger partial charge in [0.05, 0.1) is 12.7 Å². The van der Waals surface area contributed by atoms with Gasteiger partial charge in [-0.25, -0.2) is 0 Å². The Kier molecular flexibility index (Phi) is 55.7. The summed E-state index contributed by atoms with van der Waals surface area (Å²) >= 11 is 0. The van der Waals surface area contributed by atoms with Crippen LogP contribution in [-0.4, -0.2) is 388 Å². The standard InChI is InChI=1S/C13H28N2.C11H25N3.C11H22N2.3C10H20N2.C9H21N3.C9H18N2.C9H20N2.C8H18N2O/c1-5-14(6-2)10-13-8-7-9-15(11-13)12(3)4;1-11(2)12-5-4-6-14-9-7-13(3)8-10-14;1-8(2)12-9-6-10-4-5-11(7-9)13(10)3;1-7(2)11-6-9-3-8-4-10(9)12-5-8;1-8(2)11-10-7-12-5-3-9(10)4-6-12;1-7(2)12-9-3-4-10(12)6-8(11)5-9;1-8(2)11-4-3-9-7-10-5-6-12-9;1-7(2)11-6-8-4-9(11)5-10(8)3;1-8(2)11-7-9-3-5-10-6-4-9;1-7(2)10-6-8-5-9-3-4-11-8/h12-13H,5-11H2,1-4H3;11-12H,4-10H2,1-3H3;8-12H,4-7H2,1-3H3;7-12H,3-6H2,1-2H3;8-11H,3-7H2,1-2H3;7-10H,3-6,11H2,1-2H3;8-12H,3-7H2,1-2H3;7-9H,4-6H2,1-3H3;8-11H,3-7H2,1-2H3;7-10H,3-6H2,1-2H3. The van der Waals surface area contributed by atoms with Gasteiger partial charge in [-0.3, -0.25) is 9.80 Å². The first-order chi connectivity index (χ1) is 58.7. The minimum absolute atomic E-state index is 0.367. The van der Waals surface area contributed by atoms with Crippen molar-refractivity contribution in [2.45, 2.75) is 407 Å². The first-order valence-electron chi connectivity index (χ1n) is 52.5. The smallest absolute Gasteiger partial charge is 0.0824 e. The molecule has 0 aromatic carbocycles. The number of rotatable bonds is 29. The maximum atomic E-state index is 5.99. The van der Waals surface area contributed by atoms with E-state index in [1.54, 1.807) is 0 Å². The molecule has 0 radical (unpaired) electrons. The summed E-state index contributed by atoms with van der Waals surface area (Å²) in [5, 5.41) is 41.7. The fraction of sp³-hybridized carbons (Fsp3) is 1.00. The SMILES string of the molecule is CC(C)N1C2CCC1CC(N)C2.CC(C)N1CC2CC1CN2C.CC(C)NC1CC2CCC(C1)N2C.CC(C)NC1CN2CCC1CC2.CC(C)NCC1CC2CNC1C2.CC(C)NCC1CCNCC1.CC(C)NCC1CNCCO1.CC(C)NCCC1CNCCN1.CC(C)NCCCN1CCN(C)CC1.CCN(CC)CC1CCCN(C(C)C)C1. The van der Waals surface area contributed by atoms with Crippen molar-refractivity contribution < 1.29 is 4.74 Å². The lowest BCUT2D eigenvalue weighted by Crippen LogP contribution is -2.57. The number of likely N-dealkylation sites (tertiary alicyclic amines) is 3. The van der Waals surface area contributed by atoms with E-state index in [1.165, 1.54) is 253 Å². The second-order valence-corrected chi connectivity index (χ2v) is 43.7. The van der Waals surface area contributed by atoms with Gasteiger partial charge in [0.1, 0.15) is 0 Å². The molecule has 23 heteroatoms. The Bertz CT molecular complexity index is 2470. The molecule has 0 aromatic heterocycles. The van der Waals surface area contributed by atoms with E-state index in [9.17, 15) is 0 Å². The molecule has 123 heavy (non-hydrogen) atoms. The molecule has 23 nitrogen and oxygen atoms in total. The maximum absolute atomic E-state index is 5.99. The first kappa shape index (κ1) is 111. The number of ether oxygens (including phenoxy) is 1. The van der Waals surface area contributed by atoms with Crippen molar-refractivity contribution in [3.8, 4) is 0 Å². The predicted molar refractivity (Wildman–Crippen MR) is 532 cm³/mol. The van der Waals surface area contributed by atoms with Crippen molar-refractivity contribution in [2.75, 3.05) is 211 Å². The van der Waals surface area contributed by atoms with Crippen LogP contribution in [-0.2, 0) is 4.74 Å². The van der Waals surface area contributed by atoms with E-state index in [4.69, 9.17) is 10.5 Å². The van der Waals surface area contributed by atoms with E-state index < -0.39 is 0 Å². The molecule has 14 N–H and O–H groups in total. The van der Waals surface area contributed by atoms with Crippen molar-refractivity contribution in [1.29, 1.82) is 0 Å². The lowest BCUT2D eigenvalue weighted by molar-refractivity contribution is 0.0282. The van der Waals surface area contributed by atoms with Gasteiger partial charge in [0, 0.05) is 225 Å². The van der Waals surface area contributed by atoms with E-state index in [0.29, 0.717) is 60.5 Å². The van der Waals surface area contributed by atoms with Crippen molar-refractivity contribution >= 4 is 0 Å². The molecule has 0 amide bonds. The Morgan fingerprint density at radius 3 is 1.56 bits per heavy atom. The van der Waals surface area contributed by atoms with Gasteiger partial charge in [-0.1, -0.05) is 111 Å². The van der Waals surface area contributed by atoms with Gasteiger partial charge >= 0.3 is 0 Å². The summed E-state index contributed by atoms with van der Waals surface area (Å²) in [5.41, 5.74) is 5.99. The van der Waals surface area contributed by atoms with Crippen molar-refractivity contribution in [2.24, 2.45) is 35.3 Å². The molecular weight excluding hydrogens is 1530 g/mol. The topological polar surface area (TPSA) is 209 Å². The largest absolute Gasteiger partial charge is 0.374 e. The lowest BCUT2D eigenvalue weighted by atomic mass is 9.84. The first-order valence-corrected chi connectivity index (χ1v) is 52.5. The maximum Gasteiger partial charge on any atom is 0.0824 e. The number of hydrogen-bond donors (Lipinski definition) is 13. The molecule has 0 aromatic rings. The number of piperidine rings is 8. The van der Waals surface area contributed by atoms with E-state index in [-0.39, 0.29) is 0 Å². The number of likely N-dealkylation sites (N-methyl/N-ethyl adjacent to an activating group) is 2. The number of piperazine rings is 3. The summed E-state index contributed by atoms with van der Waals surface area (Å²) < 4.78 is 5.50. The van der Waals surface area contributed by atoms with Gasteiger partial charge in [0.25, 0.3) is 0 Å². The molecule has 16 aliphatic rings. The molecule has 728 valence electrons. The number of hydrogen-bond acceptors (Lipinski definition) is 23. The molecule has 15 heterocycles. The highest BCUT2D eigenvalue weighted by Gasteiger charge is 2.44. The third-order valence-corrected chi connectivity index (χ3v) is 29.5. The van der Waals surface area contributed by atoms with E-state index in [1.807, 2.05) is 0 Å². The normalized spacial score (nSPS) is 31.6. The molecular formula is C100H212N22O. The zero-order valence-corrected chi connectivity index (χ0v) is 85.5. The van der Waals surface area contributed by atoms with Crippen LogP contribution in [0.15, 0.2) is 0 Å². The second-order valence-electron chi connectivity index (χ2n) is 43.7. The molecule has 16 fully saturated rings. The van der Waals surface area contributed by atoms with Crippen LogP contribution in [0, 0.1) is 29.6 Å². The van der Waals surface area contributed by atoms with Gasteiger partial charge in [0.2, 0.25) is 0 Å². The molecule has 15 saturated heterocycles. The van der Waals surface area contributed by atoms with E-state index >= 15 is 0 Å². The van der Waals surface area contributed by atoms with Crippen LogP contribution in [0.5, 0.6) is 0 Å². The van der Waals surface area contributed by atoms with Crippen LogP contribution >= 0.6 is 0 Å². The van der Waals surface area contributed by atoms with Gasteiger partial charge in [-0.2, -0.15) is 0 Å². The monoisotopic (exact) mass is 1740 g/mol. The van der Waals surface area contributed by atoms with Crippen LogP contribution < -0.4 is 69.5 Å². The summed E-state index contributed by atoms with van der Waals surface area (Å²) in [6.45, 7) is 84.1. The van der Waals surface area contributed by atoms with E-state index in [0.717, 1.165) is 161 Å². The third kappa shape index (κ3) is 44.7. The summed E-state index contributed by atoms with van der Waals surface area (Å²) in [7, 11) is 6.76. The molecule has 1 saturated carbocycles. The predicted octanol–water partition coefficient (Wildman–Crippen LogP) is 9.77. The highest BCUT2D eigenvalue weighted by Crippen LogP contribution is 2.38. The summed E-state index contributed by atoms with van der Waals surface area (Å²) in [5.74, 6) is 4.69. The molecule has 0 spiro atoms. The van der Waals surface area contributed by atoms with Crippen LogP contribution in [0.4, 0.5) is 0 Å². The van der Waals surface area contributed by atoms with Crippen LogP contribution in [0.3, 0.4) is 0 Å². The fourth-order valence-corrected chi connectivity index (χ4v) is 22.2. The lowest BCUT2D eigenvalue weighted by Gasteiger charge is -2.45. The van der Waals surface area contributed by atoms with Gasteiger partial charge < -0.3 is 109 Å². The molecule has 1 aliphatic carbocycles. The van der Waals surface area contributed by atoms with E-state index in [2.05, 4.69) is 281 Å². The minimum Gasteiger partial charge on any atom is -0.374 e. The molecule has 15 aliphatic heterocycles. The average Bonchev–Trinajstić information content (AvgIpc) is 1.66. The Hall–Kier alpha value is -0.920. The van der Waals surface area contributed by atoms with Crippen LogP contribution in [0.2, 0.25) is 0 Å². The number of fused-ring (bicyclic) bond motifs is 11. The Morgan fingerprint density at radius 2 is 1.07 bits per heavy atom. The minimum atomic E-state index is 0.367. The average molecular weight is 1740 g/mol. The number of nitrogens with zero attached hydrogens (tertiary/aromatic N) is 9. The molecule has 16 rings (SSSR count).